The monoisotopic (exact) mass is 346 g/mol. The van der Waals surface area contributed by atoms with Crippen molar-refractivity contribution in [3.8, 4) is 16.9 Å². The topological polar surface area (TPSA) is 63.6 Å². The van der Waals surface area contributed by atoms with E-state index in [0.29, 0.717) is 11.3 Å². The van der Waals surface area contributed by atoms with Crippen molar-refractivity contribution in [2.75, 3.05) is 7.11 Å². The van der Waals surface area contributed by atoms with E-state index >= 15 is 0 Å². The number of hydrogen-bond donors (Lipinski definition) is 1. The second-order valence-corrected chi connectivity index (χ2v) is 7.14. The molecule has 2 aliphatic carbocycles. The van der Waals surface area contributed by atoms with Crippen molar-refractivity contribution in [2.45, 2.75) is 44.4 Å². The number of hydrogen-bond acceptors (Lipinski definition) is 3. The first-order valence-electron chi connectivity index (χ1n) is 7.40. The number of aryl methyl sites for hydroxylation is 1. The van der Waals surface area contributed by atoms with Crippen LogP contribution in [0.25, 0.3) is 11.1 Å². The first-order chi connectivity index (χ1) is 10.3. The van der Waals surface area contributed by atoms with Crippen LogP contribution >= 0.6 is 0 Å². The van der Waals surface area contributed by atoms with Gasteiger partial charge in [-0.3, -0.25) is 4.55 Å². The Morgan fingerprint density at radius 3 is 2.35 bits per heavy atom. The van der Waals surface area contributed by atoms with Gasteiger partial charge in [-0.15, -0.1) is 0 Å². The first kappa shape index (κ1) is 20.5. The predicted octanol–water partition coefficient (Wildman–Crippen LogP) is 3.47. The molecule has 0 saturated heterocycles. The van der Waals surface area contributed by atoms with Crippen molar-refractivity contribution < 1.29 is 17.7 Å². The van der Waals surface area contributed by atoms with Crippen molar-refractivity contribution in [1.29, 1.82) is 0 Å². The molecule has 0 saturated carbocycles. The summed E-state index contributed by atoms with van der Waals surface area (Å²) >= 11 is 0. The van der Waals surface area contributed by atoms with Crippen LogP contribution in [0, 0.1) is 0 Å². The Labute approximate surface area is 160 Å². The van der Waals surface area contributed by atoms with Gasteiger partial charge in [0.2, 0.25) is 0 Å². The van der Waals surface area contributed by atoms with Gasteiger partial charge < -0.3 is 4.74 Å². The van der Waals surface area contributed by atoms with E-state index in [-0.39, 0.29) is 40.4 Å². The van der Waals surface area contributed by atoms with Crippen molar-refractivity contribution >= 4 is 39.7 Å². The van der Waals surface area contributed by atoms with Gasteiger partial charge in [0.25, 0.3) is 10.1 Å². The average molecular weight is 346 g/mol. The van der Waals surface area contributed by atoms with E-state index < -0.39 is 10.1 Å². The molecule has 0 spiro atoms. The molecular weight excluding hydrogens is 323 g/mol. The summed E-state index contributed by atoms with van der Waals surface area (Å²) in [5, 5.41) is 0. The molecule has 0 amide bonds. The minimum atomic E-state index is -4.28. The zero-order valence-corrected chi connectivity index (χ0v) is 14.2. The Balaban J connectivity index is 0.00000264. The van der Waals surface area contributed by atoms with Crippen molar-refractivity contribution in [1.82, 2.24) is 0 Å². The molecule has 0 aromatic rings. The summed E-state index contributed by atoms with van der Waals surface area (Å²) in [6, 6.07) is 7.21. The Hall–Kier alpha value is -0.590. The molecule has 0 aromatic heterocycles. The van der Waals surface area contributed by atoms with Gasteiger partial charge in [0.05, 0.1) is 7.11 Å². The van der Waals surface area contributed by atoms with E-state index in [0.717, 1.165) is 29.5 Å². The second kappa shape index (κ2) is 7.99. The van der Waals surface area contributed by atoms with Gasteiger partial charge >= 0.3 is 29.6 Å². The number of methoxy groups -OCH3 is 1. The number of fused-ring (bicyclic) bond motifs is 1. The summed E-state index contributed by atoms with van der Waals surface area (Å²) in [6.07, 6.45) is 1.60. The fourth-order valence-corrected chi connectivity index (χ4v) is 3.45. The molecule has 1 N–H and O–H groups in total. The minimum absolute atomic E-state index is 0. The molecule has 2 aliphatic rings. The Morgan fingerprint density at radius 2 is 1.87 bits per heavy atom. The molecule has 0 heterocycles. The van der Waals surface area contributed by atoms with Crippen LogP contribution in [0.15, 0.2) is 29.2 Å². The maximum atomic E-state index is 11.8. The van der Waals surface area contributed by atoms with Crippen LogP contribution < -0.4 is 4.74 Å². The van der Waals surface area contributed by atoms with Gasteiger partial charge in [-0.1, -0.05) is 33.3 Å². The Kier molecular flexibility index (Phi) is 7.11. The molecular formula is C17H23NaO4S. The molecule has 0 unspecified atom stereocenters. The average Bonchev–Trinajstić information content (AvgIpc) is 2.67. The van der Waals surface area contributed by atoms with Crippen LogP contribution in [-0.2, 0) is 16.5 Å². The van der Waals surface area contributed by atoms with Gasteiger partial charge in [0.15, 0.2) is 0 Å². The van der Waals surface area contributed by atoms with Gasteiger partial charge in [-0.2, -0.15) is 8.42 Å². The summed E-state index contributed by atoms with van der Waals surface area (Å²) in [7, 11) is -2.71. The molecule has 0 bridgehead atoms. The molecule has 122 valence electrons. The van der Waals surface area contributed by atoms with E-state index in [9.17, 15) is 13.0 Å². The molecule has 23 heavy (non-hydrogen) atoms. The maximum absolute atomic E-state index is 11.8. The fraction of sp³-hybridized carbons (Fsp3) is 0.412. The van der Waals surface area contributed by atoms with E-state index in [4.69, 9.17) is 4.74 Å². The molecule has 4 nitrogen and oxygen atoms in total. The van der Waals surface area contributed by atoms with E-state index in [1.807, 2.05) is 39.0 Å². The van der Waals surface area contributed by atoms with Crippen molar-refractivity contribution in [3.05, 3.63) is 35.4 Å². The quantitative estimate of drug-likeness (QED) is 0.665. The van der Waals surface area contributed by atoms with Gasteiger partial charge in [-0.05, 0) is 41.7 Å². The predicted molar refractivity (Wildman–Crippen MR) is 94.7 cm³/mol. The fourth-order valence-electron chi connectivity index (χ4n) is 2.72. The van der Waals surface area contributed by atoms with Crippen LogP contribution in [0.1, 0.15) is 44.2 Å². The Bertz CT molecular complexity index is 754. The summed E-state index contributed by atoms with van der Waals surface area (Å²) in [4.78, 5) is -0.0395. The molecule has 2 rings (SSSR count). The third-order valence-corrected chi connectivity index (χ3v) is 4.72. The normalized spacial score (nSPS) is 11.6. The van der Waals surface area contributed by atoms with E-state index in [1.54, 1.807) is 13.2 Å². The zero-order chi connectivity index (χ0) is 16.5. The summed E-state index contributed by atoms with van der Waals surface area (Å²) in [6.45, 7) is 6.11. The van der Waals surface area contributed by atoms with Crippen LogP contribution in [0.3, 0.4) is 0 Å². The van der Waals surface area contributed by atoms with E-state index in [1.165, 1.54) is 0 Å². The molecule has 0 aliphatic heterocycles. The SMILES string of the molecule is CCCc1cc(S(=O)(=O)O)c2cc(C(C)C)ccc(OC)c1-2.[NaH]. The third-order valence-electron chi connectivity index (χ3n) is 3.83. The third kappa shape index (κ3) is 4.28. The van der Waals surface area contributed by atoms with Gasteiger partial charge in [0, 0.05) is 11.1 Å². The molecule has 6 heteroatoms. The molecule has 0 radical (unpaired) electrons. The van der Waals surface area contributed by atoms with Crippen LogP contribution in [0.5, 0.6) is 5.75 Å². The first-order valence-corrected chi connectivity index (χ1v) is 8.84. The summed E-state index contributed by atoms with van der Waals surface area (Å²) < 4.78 is 38.6. The molecule has 0 aromatic carbocycles. The standard InChI is InChI=1S/C17H22O4S.Na.H/c1-5-6-13-10-16(22(18,19)20)14-9-12(11(2)3)7-8-15(21-4)17(13)14;;/h7-11H,5-6H2,1-4H3,(H,18,19,20);;. The Morgan fingerprint density at radius 1 is 1.22 bits per heavy atom. The molecule has 0 atom stereocenters. The zero-order valence-electron chi connectivity index (χ0n) is 13.4. The van der Waals surface area contributed by atoms with E-state index in [2.05, 4.69) is 0 Å². The van der Waals surface area contributed by atoms with Crippen LogP contribution in [0.2, 0.25) is 0 Å². The second-order valence-electron chi connectivity index (χ2n) is 5.75. The number of ether oxygens (including phenoxy) is 1. The summed E-state index contributed by atoms with van der Waals surface area (Å²) in [5.74, 6) is 0.860. The van der Waals surface area contributed by atoms with Gasteiger partial charge in [0.1, 0.15) is 10.6 Å². The molecule has 0 fully saturated rings. The van der Waals surface area contributed by atoms with Crippen LogP contribution in [0.4, 0.5) is 0 Å². The summed E-state index contributed by atoms with van der Waals surface area (Å²) in [5.41, 5.74) is 3.17. The van der Waals surface area contributed by atoms with Crippen LogP contribution in [-0.4, -0.2) is 49.6 Å². The number of rotatable bonds is 5. The van der Waals surface area contributed by atoms with Crippen molar-refractivity contribution in [3.63, 3.8) is 0 Å². The van der Waals surface area contributed by atoms with Crippen molar-refractivity contribution in [2.24, 2.45) is 0 Å². The van der Waals surface area contributed by atoms with Gasteiger partial charge in [-0.25, -0.2) is 0 Å².